The molecule has 0 bridgehead atoms. The largest absolute Gasteiger partial charge is 0.394 e. The van der Waals surface area contributed by atoms with Crippen LogP contribution in [0.5, 0.6) is 0 Å². The average Bonchev–Trinajstić information content (AvgIpc) is 2.83. The van der Waals surface area contributed by atoms with Crippen LogP contribution in [0.4, 0.5) is 0 Å². The van der Waals surface area contributed by atoms with Crippen LogP contribution in [0, 0.1) is 6.92 Å². The topological polar surface area (TPSA) is 59.1 Å². The SMILES string of the molecule is Cc1csc(SCC(N)(CO)c2ccccc2)n1. The molecule has 5 heteroatoms. The van der Waals surface area contributed by atoms with E-state index < -0.39 is 5.54 Å². The van der Waals surface area contributed by atoms with Gasteiger partial charge in [0.15, 0.2) is 0 Å². The number of hydrogen-bond donors (Lipinski definition) is 2. The van der Waals surface area contributed by atoms with Crippen molar-refractivity contribution in [1.82, 2.24) is 4.98 Å². The van der Waals surface area contributed by atoms with Crippen LogP contribution in [-0.4, -0.2) is 22.5 Å². The van der Waals surface area contributed by atoms with Gasteiger partial charge in [0.05, 0.1) is 12.1 Å². The standard InChI is InChI=1S/C13H16N2OS2/c1-10-7-17-12(15-10)18-9-13(14,8-16)11-5-3-2-4-6-11/h2-7,16H,8-9,14H2,1H3. The lowest BCUT2D eigenvalue weighted by Gasteiger charge is -2.26. The lowest BCUT2D eigenvalue weighted by Crippen LogP contribution is -2.43. The molecule has 0 amide bonds. The van der Waals surface area contributed by atoms with Crippen LogP contribution in [-0.2, 0) is 5.54 Å². The summed E-state index contributed by atoms with van der Waals surface area (Å²) in [5.74, 6) is 0.612. The molecule has 0 saturated heterocycles. The van der Waals surface area contributed by atoms with Crippen molar-refractivity contribution in [1.29, 1.82) is 0 Å². The van der Waals surface area contributed by atoms with Crippen LogP contribution in [0.15, 0.2) is 40.1 Å². The number of aromatic nitrogens is 1. The van der Waals surface area contributed by atoms with Gasteiger partial charge in [0.2, 0.25) is 0 Å². The van der Waals surface area contributed by atoms with Crippen LogP contribution >= 0.6 is 23.1 Å². The quantitative estimate of drug-likeness (QED) is 0.826. The number of nitrogens with zero attached hydrogens (tertiary/aromatic N) is 1. The minimum Gasteiger partial charge on any atom is -0.394 e. The van der Waals surface area contributed by atoms with E-state index in [0.29, 0.717) is 5.75 Å². The first kappa shape index (κ1) is 13.5. The molecule has 2 rings (SSSR count). The molecule has 1 heterocycles. The number of aliphatic hydroxyl groups excluding tert-OH is 1. The third-order valence-corrected chi connectivity index (χ3v) is 5.07. The summed E-state index contributed by atoms with van der Waals surface area (Å²) >= 11 is 3.20. The smallest absolute Gasteiger partial charge is 0.150 e. The highest BCUT2D eigenvalue weighted by atomic mass is 32.2. The predicted molar refractivity (Wildman–Crippen MR) is 77.0 cm³/mol. The number of thioether (sulfide) groups is 1. The average molecular weight is 280 g/mol. The number of hydrogen-bond acceptors (Lipinski definition) is 5. The first-order chi connectivity index (χ1) is 8.64. The molecule has 18 heavy (non-hydrogen) atoms. The summed E-state index contributed by atoms with van der Waals surface area (Å²) in [5.41, 5.74) is 7.54. The minimum absolute atomic E-state index is 0.0750. The summed E-state index contributed by atoms with van der Waals surface area (Å²) in [6.45, 7) is 1.90. The molecule has 96 valence electrons. The van der Waals surface area contributed by atoms with E-state index in [1.807, 2.05) is 42.6 Å². The van der Waals surface area contributed by atoms with Crippen molar-refractivity contribution >= 4 is 23.1 Å². The minimum atomic E-state index is -0.717. The molecular weight excluding hydrogens is 264 g/mol. The van der Waals surface area contributed by atoms with Crippen molar-refractivity contribution in [2.45, 2.75) is 16.8 Å². The summed E-state index contributed by atoms with van der Waals surface area (Å²) in [4.78, 5) is 4.39. The molecule has 1 aromatic heterocycles. The Bertz CT molecular complexity index is 501. The molecule has 0 aliphatic heterocycles. The predicted octanol–water partition coefficient (Wildman–Crippen LogP) is 2.39. The fraction of sp³-hybridized carbons (Fsp3) is 0.308. The third-order valence-electron chi connectivity index (χ3n) is 2.68. The number of thiazole rings is 1. The molecule has 3 nitrogen and oxygen atoms in total. The van der Waals surface area contributed by atoms with Gasteiger partial charge in [-0.05, 0) is 12.5 Å². The number of rotatable bonds is 5. The molecule has 0 saturated carbocycles. The summed E-state index contributed by atoms with van der Waals surface area (Å²) in [5, 5.41) is 11.6. The number of aryl methyl sites for hydroxylation is 1. The van der Waals surface area contributed by atoms with Crippen LogP contribution < -0.4 is 5.73 Å². The number of aliphatic hydroxyl groups is 1. The molecule has 1 atom stereocenters. The fourth-order valence-corrected chi connectivity index (χ4v) is 3.54. The van der Waals surface area contributed by atoms with Crippen molar-refractivity contribution in [2.75, 3.05) is 12.4 Å². The maximum Gasteiger partial charge on any atom is 0.150 e. The Kier molecular flexibility index (Phi) is 4.40. The summed E-state index contributed by atoms with van der Waals surface area (Å²) in [6, 6.07) is 9.71. The van der Waals surface area contributed by atoms with E-state index in [9.17, 15) is 5.11 Å². The Morgan fingerprint density at radius 1 is 1.39 bits per heavy atom. The van der Waals surface area contributed by atoms with Gasteiger partial charge in [-0.1, -0.05) is 42.1 Å². The van der Waals surface area contributed by atoms with Gasteiger partial charge in [0.1, 0.15) is 4.34 Å². The van der Waals surface area contributed by atoms with Crippen LogP contribution in [0.3, 0.4) is 0 Å². The monoisotopic (exact) mass is 280 g/mol. The van der Waals surface area contributed by atoms with E-state index in [0.717, 1.165) is 15.6 Å². The first-order valence-electron chi connectivity index (χ1n) is 5.64. The highest BCUT2D eigenvalue weighted by Gasteiger charge is 2.27. The second-order valence-corrected chi connectivity index (χ2v) is 6.30. The Hall–Kier alpha value is -0.880. The Morgan fingerprint density at radius 3 is 2.67 bits per heavy atom. The van der Waals surface area contributed by atoms with Crippen molar-refractivity contribution in [3.05, 3.63) is 47.0 Å². The van der Waals surface area contributed by atoms with E-state index in [-0.39, 0.29) is 6.61 Å². The third kappa shape index (κ3) is 3.11. The van der Waals surface area contributed by atoms with E-state index in [1.165, 1.54) is 0 Å². The summed E-state index contributed by atoms with van der Waals surface area (Å²) < 4.78 is 0.992. The molecule has 2 aromatic rings. The van der Waals surface area contributed by atoms with E-state index >= 15 is 0 Å². The van der Waals surface area contributed by atoms with Gasteiger partial charge in [-0.25, -0.2) is 4.98 Å². The molecule has 1 unspecified atom stereocenters. The van der Waals surface area contributed by atoms with E-state index in [4.69, 9.17) is 5.73 Å². The molecule has 0 aliphatic rings. The van der Waals surface area contributed by atoms with Gasteiger partial charge < -0.3 is 10.8 Å². The van der Waals surface area contributed by atoms with Crippen molar-refractivity contribution in [2.24, 2.45) is 5.73 Å². The Morgan fingerprint density at radius 2 is 2.11 bits per heavy atom. The van der Waals surface area contributed by atoms with Gasteiger partial charge in [-0.15, -0.1) is 11.3 Å². The molecular formula is C13H16N2OS2. The van der Waals surface area contributed by atoms with Gasteiger partial charge in [0.25, 0.3) is 0 Å². The van der Waals surface area contributed by atoms with Gasteiger partial charge >= 0.3 is 0 Å². The van der Waals surface area contributed by atoms with Crippen molar-refractivity contribution in [3.8, 4) is 0 Å². The Labute approximate surface area is 115 Å². The Balaban J connectivity index is 2.09. The fourth-order valence-electron chi connectivity index (χ4n) is 1.58. The first-order valence-corrected chi connectivity index (χ1v) is 7.51. The lowest BCUT2D eigenvalue weighted by molar-refractivity contribution is 0.213. The number of benzene rings is 1. The second-order valence-electron chi connectivity index (χ2n) is 4.22. The lowest BCUT2D eigenvalue weighted by atomic mass is 9.94. The zero-order valence-corrected chi connectivity index (χ0v) is 11.8. The highest BCUT2D eigenvalue weighted by Crippen LogP contribution is 2.29. The highest BCUT2D eigenvalue weighted by molar-refractivity contribution is 8.01. The summed E-state index contributed by atoms with van der Waals surface area (Å²) in [7, 11) is 0. The maximum absolute atomic E-state index is 9.57. The number of nitrogens with two attached hydrogens (primary N) is 1. The van der Waals surface area contributed by atoms with Gasteiger partial charge in [0, 0.05) is 16.8 Å². The zero-order valence-electron chi connectivity index (χ0n) is 10.2. The van der Waals surface area contributed by atoms with Crippen LogP contribution in [0.2, 0.25) is 0 Å². The second kappa shape index (κ2) is 5.84. The van der Waals surface area contributed by atoms with Crippen LogP contribution in [0.25, 0.3) is 0 Å². The summed E-state index contributed by atoms with van der Waals surface area (Å²) in [6.07, 6.45) is 0. The van der Waals surface area contributed by atoms with Crippen molar-refractivity contribution < 1.29 is 5.11 Å². The van der Waals surface area contributed by atoms with Crippen molar-refractivity contribution in [3.63, 3.8) is 0 Å². The normalized spacial score (nSPS) is 14.4. The molecule has 0 radical (unpaired) electrons. The molecule has 3 N–H and O–H groups in total. The van der Waals surface area contributed by atoms with Gasteiger partial charge in [-0.2, -0.15) is 0 Å². The maximum atomic E-state index is 9.57. The molecule has 1 aromatic carbocycles. The van der Waals surface area contributed by atoms with Crippen LogP contribution in [0.1, 0.15) is 11.3 Å². The zero-order chi connectivity index (χ0) is 13.0. The molecule has 0 fully saturated rings. The van der Waals surface area contributed by atoms with Gasteiger partial charge in [-0.3, -0.25) is 0 Å². The van der Waals surface area contributed by atoms with E-state index in [1.54, 1.807) is 23.1 Å². The molecule has 0 aliphatic carbocycles. The van der Waals surface area contributed by atoms with E-state index in [2.05, 4.69) is 4.98 Å². The molecule has 0 spiro atoms.